The lowest BCUT2D eigenvalue weighted by Gasteiger charge is -2.08. The minimum atomic E-state index is -4.38. The molecule has 0 aliphatic carbocycles. The first-order chi connectivity index (χ1) is 11.3. The molecule has 4 nitrogen and oxygen atoms in total. The molecule has 0 aliphatic rings. The summed E-state index contributed by atoms with van der Waals surface area (Å²) in [4.78, 5) is 4.27. The van der Waals surface area contributed by atoms with Crippen molar-refractivity contribution < 1.29 is 13.2 Å². The van der Waals surface area contributed by atoms with Crippen LogP contribution in [0.5, 0.6) is 0 Å². The molecule has 0 bridgehead atoms. The highest BCUT2D eigenvalue weighted by atomic mass is 35.5. The maximum absolute atomic E-state index is 12.6. The molecule has 0 aliphatic heterocycles. The van der Waals surface area contributed by atoms with E-state index in [0.717, 1.165) is 17.7 Å². The van der Waals surface area contributed by atoms with Gasteiger partial charge < -0.3 is 5.73 Å². The Hall–Kier alpha value is -2.38. The van der Waals surface area contributed by atoms with Gasteiger partial charge >= 0.3 is 6.18 Å². The van der Waals surface area contributed by atoms with Gasteiger partial charge in [0.15, 0.2) is 5.82 Å². The molecule has 0 radical (unpaired) electrons. The summed E-state index contributed by atoms with van der Waals surface area (Å²) in [5, 5.41) is 7.33. The van der Waals surface area contributed by atoms with Gasteiger partial charge in [-0.15, -0.1) is 0 Å². The fraction of sp³-hybridized carbons (Fsp3) is 0.125. The van der Waals surface area contributed by atoms with Crippen molar-refractivity contribution in [1.29, 1.82) is 0 Å². The Labute approximate surface area is 140 Å². The molecule has 0 amide bonds. The van der Waals surface area contributed by atoms with Crippen LogP contribution in [0, 0.1) is 0 Å². The molecular weight excluding hydrogens is 341 g/mol. The second-order valence-electron chi connectivity index (χ2n) is 5.15. The number of halogens is 4. The van der Waals surface area contributed by atoms with Gasteiger partial charge in [0.05, 0.1) is 11.6 Å². The zero-order chi connectivity index (χ0) is 17.3. The summed E-state index contributed by atoms with van der Waals surface area (Å²) in [5.41, 5.74) is 6.64. The molecule has 0 saturated carbocycles. The first-order valence-corrected chi connectivity index (χ1v) is 7.33. The predicted molar refractivity (Wildman–Crippen MR) is 84.3 cm³/mol. The minimum absolute atomic E-state index is 0.281. The lowest BCUT2D eigenvalue weighted by atomic mass is 10.1. The number of benzene rings is 2. The number of hydrogen-bond acceptors (Lipinski definition) is 3. The van der Waals surface area contributed by atoms with Gasteiger partial charge in [0.25, 0.3) is 0 Å². The molecule has 3 N–H and O–H groups in total. The molecule has 24 heavy (non-hydrogen) atoms. The van der Waals surface area contributed by atoms with Crippen LogP contribution in [0.25, 0.3) is 11.4 Å². The van der Waals surface area contributed by atoms with Crippen molar-refractivity contribution >= 4 is 11.6 Å². The van der Waals surface area contributed by atoms with E-state index in [1.165, 1.54) is 12.1 Å². The second kappa shape index (κ2) is 6.26. The third-order valence-electron chi connectivity index (χ3n) is 3.50. The van der Waals surface area contributed by atoms with Crippen LogP contribution in [-0.2, 0) is 6.18 Å². The fourth-order valence-electron chi connectivity index (χ4n) is 2.18. The molecule has 2 aromatic carbocycles. The number of nitrogens with one attached hydrogen (secondary N) is 1. The van der Waals surface area contributed by atoms with E-state index in [4.69, 9.17) is 17.3 Å². The quantitative estimate of drug-likeness (QED) is 0.742. The number of aromatic amines is 1. The average Bonchev–Trinajstić information content (AvgIpc) is 3.04. The molecule has 1 heterocycles. The molecule has 0 fully saturated rings. The first-order valence-electron chi connectivity index (χ1n) is 6.95. The highest BCUT2D eigenvalue weighted by Gasteiger charge is 2.30. The van der Waals surface area contributed by atoms with Crippen LogP contribution in [-0.4, -0.2) is 15.2 Å². The summed E-state index contributed by atoms with van der Waals surface area (Å²) in [5.74, 6) is 0.690. The van der Waals surface area contributed by atoms with Gasteiger partial charge in [-0.1, -0.05) is 35.9 Å². The van der Waals surface area contributed by atoms with E-state index in [1.807, 2.05) is 0 Å². The molecule has 1 atom stereocenters. The van der Waals surface area contributed by atoms with E-state index in [2.05, 4.69) is 15.2 Å². The van der Waals surface area contributed by atoms with Gasteiger partial charge in [0.1, 0.15) is 5.82 Å². The van der Waals surface area contributed by atoms with E-state index >= 15 is 0 Å². The Morgan fingerprint density at radius 2 is 1.62 bits per heavy atom. The van der Waals surface area contributed by atoms with E-state index in [9.17, 15) is 13.2 Å². The predicted octanol–water partition coefficient (Wildman–Crippen LogP) is 4.19. The minimum Gasteiger partial charge on any atom is -0.318 e. The zero-order valence-corrected chi connectivity index (χ0v) is 12.9. The van der Waals surface area contributed by atoms with Crippen LogP contribution >= 0.6 is 11.6 Å². The highest BCUT2D eigenvalue weighted by Crippen LogP contribution is 2.30. The van der Waals surface area contributed by atoms with Gasteiger partial charge in [-0.3, -0.25) is 5.10 Å². The van der Waals surface area contributed by atoms with Gasteiger partial charge in [-0.2, -0.15) is 18.3 Å². The number of hydrogen-bond donors (Lipinski definition) is 2. The molecule has 124 valence electrons. The van der Waals surface area contributed by atoms with E-state index < -0.39 is 17.8 Å². The third kappa shape index (κ3) is 3.42. The van der Waals surface area contributed by atoms with Crippen LogP contribution in [0.4, 0.5) is 13.2 Å². The third-order valence-corrected chi connectivity index (χ3v) is 3.75. The number of nitrogens with zero attached hydrogens (tertiary/aromatic N) is 2. The van der Waals surface area contributed by atoms with E-state index in [1.54, 1.807) is 24.3 Å². The Morgan fingerprint density at radius 3 is 2.21 bits per heavy atom. The summed E-state index contributed by atoms with van der Waals surface area (Å²) in [6.45, 7) is 0. The molecule has 3 rings (SSSR count). The van der Waals surface area contributed by atoms with E-state index in [-0.39, 0.29) is 5.82 Å². The zero-order valence-electron chi connectivity index (χ0n) is 12.2. The van der Waals surface area contributed by atoms with Crippen molar-refractivity contribution in [3.8, 4) is 11.4 Å². The summed E-state index contributed by atoms with van der Waals surface area (Å²) in [6, 6.07) is 11.1. The van der Waals surface area contributed by atoms with Crippen LogP contribution in [0.15, 0.2) is 48.5 Å². The Bertz CT molecular complexity index is 826. The molecule has 8 heteroatoms. The fourth-order valence-corrected chi connectivity index (χ4v) is 2.30. The number of aromatic nitrogens is 3. The van der Waals surface area contributed by atoms with Gasteiger partial charge in [-0.25, -0.2) is 4.98 Å². The monoisotopic (exact) mass is 352 g/mol. The Kier molecular flexibility index (Phi) is 4.29. The van der Waals surface area contributed by atoms with Crippen LogP contribution in [0.1, 0.15) is 23.0 Å². The molecule has 0 spiro atoms. The number of H-pyrrole nitrogens is 1. The normalized spacial score (nSPS) is 13.0. The van der Waals surface area contributed by atoms with E-state index in [0.29, 0.717) is 16.4 Å². The maximum atomic E-state index is 12.6. The van der Waals surface area contributed by atoms with Crippen molar-refractivity contribution in [2.75, 3.05) is 0 Å². The smallest absolute Gasteiger partial charge is 0.318 e. The summed E-state index contributed by atoms with van der Waals surface area (Å²) >= 11 is 5.83. The Balaban J connectivity index is 1.83. The van der Waals surface area contributed by atoms with Crippen LogP contribution < -0.4 is 5.73 Å². The summed E-state index contributed by atoms with van der Waals surface area (Å²) in [6.07, 6.45) is -4.38. The number of alkyl halides is 3. The molecular formula is C16H12ClF3N4. The highest BCUT2D eigenvalue weighted by molar-refractivity contribution is 6.30. The number of rotatable bonds is 3. The largest absolute Gasteiger partial charge is 0.416 e. The van der Waals surface area contributed by atoms with Crippen molar-refractivity contribution in [2.45, 2.75) is 12.2 Å². The summed E-state index contributed by atoms with van der Waals surface area (Å²) < 4.78 is 37.8. The standard InChI is InChI=1S/C16H12ClF3N4/c17-12-7-3-9(4-8-12)13(21)15-22-14(23-24-15)10-1-5-11(6-2-10)16(18,19)20/h1-8,13H,21H2,(H,22,23,24)/t13-/m1/s1. The van der Waals surface area contributed by atoms with Crippen molar-refractivity contribution in [3.63, 3.8) is 0 Å². The van der Waals surface area contributed by atoms with Gasteiger partial charge in [-0.05, 0) is 29.8 Å². The topological polar surface area (TPSA) is 67.6 Å². The van der Waals surface area contributed by atoms with Crippen molar-refractivity contribution in [3.05, 3.63) is 70.5 Å². The molecule has 1 aromatic heterocycles. The maximum Gasteiger partial charge on any atom is 0.416 e. The van der Waals surface area contributed by atoms with Gasteiger partial charge in [0, 0.05) is 10.6 Å². The molecule has 0 unspecified atom stereocenters. The average molecular weight is 353 g/mol. The van der Waals surface area contributed by atoms with Gasteiger partial charge in [0.2, 0.25) is 0 Å². The first kappa shape index (κ1) is 16.5. The number of nitrogens with two attached hydrogens (primary N) is 1. The van der Waals surface area contributed by atoms with Crippen LogP contribution in [0.3, 0.4) is 0 Å². The lowest BCUT2D eigenvalue weighted by molar-refractivity contribution is -0.137. The van der Waals surface area contributed by atoms with Crippen LogP contribution in [0.2, 0.25) is 5.02 Å². The SMILES string of the molecule is N[C@H](c1ccc(Cl)cc1)c1nc(-c2ccc(C(F)(F)F)cc2)n[nH]1. The van der Waals surface area contributed by atoms with Crippen molar-refractivity contribution in [2.24, 2.45) is 5.73 Å². The molecule has 0 saturated heterocycles. The lowest BCUT2D eigenvalue weighted by Crippen LogP contribution is -2.13. The Morgan fingerprint density at radius 1 is 1.00 bits per heavy atom. The second-order valence-corrected chi connectivity index (χ2v) is 5.59. The van der Waals surface area contributed by atoms with Crippen molar-refractivity contribution in [1.82, 2.24) is 15.2 Å². The molecule has 3 aromatic rings. The summed E-state index contributed by atoms with van der Waals surface area (Å²) in [7, 11) is 0.